The summed E-state index contributed by atoms with van der Waals surface area (Å²) in [6, 6.07) is 7.16. The first kappa shape index (κ1) is 15.2. The van der Waals surface area contributed by atoms with Gasteiger partial charge >= 0.3 is 0 Å². The fourth-order valence-electron chi connectivity index (χ4n) is 1.75. The Balaban J connectivity index is 2.61. The highest BCUT2D eigenvalue weighted by atomic mass is 127. The molecule has 1 N–H and O–H groups in total. The number of rotatable bonds is 4. The van der Waals surface area contributed by atoms with E-state index in [1.807, 2.05) is 35.2 Å². The second-order valence-corrected chi connectivity index (χ2v) is 5.91. The van der Waals surface area contributed by atoms with E-state index in [4.69, 9.17) is 16.9 Å². The van der Waals surface area contributed by atoms with Crippen molar-refractivity contribution >= 4 is 68.8 Å². The molecule has 0 radical (unpaired) electrons. The van der Waals surface area contributed by atoms with E-state index in [9.17, 15) is 4.79 Å². The van der Waals surface area contributed by atoms with E-state index in [-0.39, 0.29) is 11.4 Å². The predicted molar refractivity (Wildman–Crippen MR) is 92.6 cm³/mol. The summed E-state index contributed by atoms with van der Waals surface area (Å²) >= 11 is 9.63. The molecular weight excluding hydrogens is 409 g/mol. The van der Waals surface area contributed by atoms with E-state index < -0.39 is 0 Å². The second-order valence-electron chi connectivity index (χ2n) is 3.93. The van der Waals surface area contributed by atoms with Gasteiger partial charge in [-0.2, -0.15) is 5.26 Å². The maximum Gasteiger partial charge on any atom is 0.220 e. The molecule has 0 aliphatic carbocycles. The fourth-order valence-corrected chi connectivity index (χ4v) is 3.17. The Bertz CT molecular complexity index is 763. The molecular formula is C13H9ClIN3OS. The molecule has 2 aromatic rings. The number of benzene rings is 1. The van der Waals surface area contributed by atoms with Gasteiger partial charge in [0.05, 0.1) is 44.7 Å². The first-order chi connectivity index (χ1) is 9.49. The van der Waals surface area contributed by atoms with Crippen molar-refractivity contribution in [3.05, 3.63) is 41.1 Å². The highest BCUT2D eigenvalue weighted by molar-refractivity contribution is 14.1. The van der Waals surface area contributed by atoms with Crippen LogP contribution in [-0.4, -0.2) is 14.8 Å². The minimum Gasteiger partial charge on any atom is -0.329 e. The van der Waals surface area contributed by atoms with Crippen LogP contribution in [0.25, 0.3) is 10.9 Å². The molecule has 0 aliphatic rings. The minimum absolute atomic E-state index is 0.0840. The average Bonchev–Trinajstić information content (AvgIpc) is 2.75. The van der Waals surface area contributed by atoms with Crippen LogP contribution in [0, 0.1) is 11.3 Å². The molecule has 1 aromatic heterocycles. The molecule has 0 atom stereocenters. The molecule has 0 saturated heterocycles. The van der Waals surface area contributed by atoms with Crippen molar-refractivity contribution in [2.75, 3.05) is 11.0 Å². The number of hydrogen-bond donors (Lipinski definition) is 1. The van der Waals surface area contributed by atoms with Gasteiger partial charge in [0, 0.05) is 11.6 Å². The van der Waals surface area contributed by atoms with Crippen molar-refractivity contribution in [3.8, 4) is 6.07 Å². The number of nitrogens with one attached hydrogen (secondary N) is 1. The SMILES string of the molecule is C=C(C#N)C(=O)c1cc2cc(NSC)c(Cl)cc2n1I. The van der Waals surface area contributed by atoms with E-state index in [0.717, 1.165) is 16.6 Å². The minimum atomic E-state index is -0.381. The number of nitrogens with zero attached hydrogens (tertiary/aromatic N) is 2. The van der Waals surface area contributed by atoms with Crippen LogP contribution in [0.3, 0.4) is 0 Å². The van der Waals surface area contributed by atoms with Crippen molar-refractivity contribution in [2.45, 2.75) is 0 Å². The van der Waals surface area contributed by atoms with Gasteiger partial charge < -0.3 is 4.72 Å². The van der Waals surface area contributed by atoms with Gasteiger partial charge in [0.15, 0.2) is 0 Å². The summed E-state index contributed by atoms with van der Waals surface area (Å²) in [6.07, 6.45) is 1.90. The first-order valence-corrected chi connectivity index (χ1v) is 8.00. The lowest BCUT2D eigenvalue weighted by Gasteiger charge is -2.05. The molecule has 20 heavy (non-hydrogen) atoms. The number of Topliss-reactive ketones (excluding diaryl/α,β-unsaturated/α-hetero) is 1. The number of hydrogen-bond acceptors (Lipinski definition) is 4. The summed E-state index contributed by atoms with van der Waals surface area (Å²) in [5, 5.41) is 10.2. The Labute approximate surface area is 139 Å². The lowest BCUT2D eigenvalue weighted by Crippen LogP contribution is -2.03. The lowest BCUT2D eigenvalue weighted by atomic mass is 10.1. The monoisotopic (exact) mass is 417 g/mol. The topological polar surface area (TPSA) is 57.8 Å². The molecule has 0 saturated carbocycles. The number of anilines is 1. The van der Waals surface area contributed by atoms with Crippen LogP contribution < -0.4 is 4.72 Å². The maximum absolute atomic E-state index is 12.1. The average molecular weight is 418 g/mol. The Morgan fingerprint density at radius 3 is 2.85 bits per heavy atom. The van der Waals surface area contributed by atoms with Gasteiger partial charge in [-0.05, 0) is 18.2 Å². The summed E-state index contributed by atoms with van der Waals surface area (Å²) < 4.78 is 4.77. The molecule has 0 unspecified atom stereocenters. The number of carbonyl (C=O) groups excluding carboxylic acids is 1. The van der Waals surface area contributed by atoms with Crippen molar-refractivity contribution in [1.29, 1.82) is 5.26 Å². The predicted octanol–water partition coefficient (Wildman–Crippen LogP) is 4.45. The summed E-state index contributed by atoms with van der Waals surface area (Å²) in [5.41, 5.74) is 1.92. The molecule has 1 heterocycles. The quantitative estimate of drug-likeness (QED) is 0.263. The van der Waals surface area contributed by atoms with Gasteiger partial charge in [0.1, 0.15) is 11.8 Å². The Morgan fingerprint density at radius 2 is 2.25 bits per heavy atom. The number of halogens is 2. The van der Waals surface area contributed by atoms with Crippen molar-refractivity contribution in [1.82, 2.24) is 2.78 Å². The Morgan fingerprint density at radius 1 is 1.55 bits per heavy atom. The standard InChI is InChI=1S/C13H9ClIN3OS/c1-7(6-16)13(19)12-4-8-3-10(17-20-2)9(14)5-11(8)18(12)15/h3-5,17H,1H2,2H3. The van der Waals surface area contributed by atoms with Gasteiger partial charge in [-0.1, -0.05) is 30.1 Å². The Kier molecular flexibility index (Phi) is 4.62. The van der Waals surface area contributed by atoms with E-state index in [2.05, 4.69) is 11.3 Å². The van der Waals surface area contributed by atoms with Gasteiger partial charge in [0.2, 0.25) is 5.78 Å². The molecule has 0 fully saturated rings. The Hall–Kier alpha value is -1.17. The number of aromatic nitrogens is 1. The molecule has 0 spiro atoms. The number of allylic oxidation sites excluding steroid dienone is 1. The molecule has 4 nitrogen and oxygen atoms in total. The summed E-state index contributed by atoms with van der Waals surface area (Å²) in [4.78, 5) is 12.1. The van der Waals surface area contributed by atoms with Crippen LogP contribution in [0.2, 0.25) is 5.02 Å². The zero-order chi connectivity index (χ0) is 14.9. The van der Waals surface area contributed by atoms with Crippen LogP contribution in [0.15, 0.2) is 30.4 Å². The normalized spacial score (nSPS) is 10.3. The lowest BCUT2D eigenvalue weighted by molar-refractivity contribution is 0.103. The highest BCUT2D eigenvalue weighted by Crippen LogP contribution is 2.33. The van der Waals surface area contributed by atoms with Crippen LogP contribution >= 0.6 is 46.4 Å². The van der Waals surface area contributed by atoms with Crippen LogP contribution in [0.1, 0.15) is 10.5 Å². The van der Waals surface area contributed by atoms with Gasteiger partial charge in [-0.15, -0.1) is 0 Å². The molecule has 102 valence electrons. The second kappa shape index (κ2) is 6.08. The van der Waals surface area contributed by atoms with E-state index in [1.54, 1.807) is 21.0 Å². The zero-order valence-corrected chi connectivity index (χ0v) is 14.1. The number of nitriles is 1. The molecule has 2 rings (SSSR count). The van der Waals surface area contributed by atoms with Crippen molar-refractivity contribution in [3.63, 3.8) is 0 Å². The van der Waals surface area contributed by atoms with E-state index in [0.29, 0.717) is 10.7 Å². The van der Waals surface area contributed by atoms with Gasteiger partial charge in [-0.3, -0.25) is 7.58 Å². The van der Waals surface area contributed by atoms with Crippen molar-refractivity contribution in [2.24, 2.45) is 0 Å². The molecule has 0 aliphatic heterocycles. The van der Waals surface area contributed by atoms with Gasteiger partial charge in [-0.25, -0.2) is 0 Å². The largest absolute Gasteiger partial charge is 0.329 e. The zero-order valence-electron chi connectivity index (χ0n) is 10.4. The maximum atomic E-state index is 12.1. The third kappa shape index (κ3) is 2.66. The van der Waals surface area contributed by atoms with Crippen LogP contribution in [-0.2, 0) is 0 Å². The fraction of sp³-hybridized carbons (Fsp3) is 0.0769. The van der Waals surface area contributed by atoms with Crippen LogP contribution in [0.4, 0.5) is 5.69 Å². The molecule has 1 aromatic carbocycles. The first-order valence-electron chi connectivity index (χ1n) is 5.43. The number of carbonyl (C=O) groups is 1. The number of fused-ring (bicyclic) bond motifs is 1. The third-order valence-electron chi connectivity index (χ3n) is 2.69. The highest BCUT2D eigenvalue weighted by Gasteiger charge is 2.18. The molecule has 7 heteroatoms. The number of ketones is 1. The summed E-state index contributed by atoms with van der Waals surface area (Å²) in [6.45, 7) is 3.46. The molecule has 0 amide bonds. The van der Waals surface area contributed by atoms with Gasteiger partial charge in [0.25, 0.3) is 0 Å². The smallest absolute Gasteiger partial charge is 0.220 e. The third-order valence-corrected chi connectivity index (χ3v) is 4.46. The molecule has 0 bridgehead atoms. The van der Waals surface area contributed by atoms with E-state index >= 15 is 0 Å². The summed E-state index contributed by atoms with van der Waals surface area (Å²) in [5.74, 6) is -0.381. The van der Waals surface area contributed by atoms with E-state index in [1.165, 1.54) is 11.9 Å². The van der Waals surface area contributed by atoms with Crippen molar-refractivity contribution < 1.29 is 4.79 Å². The van der Waals surface area contributed by atoms with Crippen LogP contribution in [0.5, 0.6) is 0 Å². The summed E-state index contributed by atoms with van der Waals surface area (Å²) in [7, 11) is 0.